The van der Waals surface area contributed by atoms with Gasteiger partial charge in [-0.2, -0.15) is 0 Å². The van der Waals surface area contributed by atoms with Gasteiger partial charge in [0.1, 0.15) is 18.0 Å². The third-order valence-electron chi connectivity index (χ3n) is 7.78. The molecule has 1 aliphatic carbocycles. The van der Waals surface area contributed by atoms with Crippen molar-refractivity contribution in [3.63, 3.8) is 0 Å². The van der Waals surface area contributed by atoms with Gasteiger partial charge in [0.25, 0.3) is 0 Å². The minimum Gasteiger partial charge on any atom is -0.490 e. The first-order valence-corrected chi connectivity index (χ1v) is 12.4. The van der Waals surface area contributed by atoms with E-state index < -0.39 is 11.2 Å². The van der Waals surface area contributed by atoms with Gasteiger partial charge in [0.2, 0.25) is 5.91 Å². The lowest BCUT2D eigenvalue weighted by atomic mass is 9.68. The van der Waals surface area contributed by atoms with Crippen molar-refractivity contribution in [1.82, 2.24) is 9.80 Å². The molecular formula is C27H44N2O4. The highest BCUT2D eigenvalue weighted by molar-refractivity contribution is 5.73. The Morgan fingerprint density at radius 3 is 2.30 bits per heavy atom. The Hall–Kier alpha value is -1.63. The molecule has 0 aromatic heterocycles. The van der Waals surface area contributed by atoms with Gasteiger partial charge in [-0.05, 0) is 74.1 Å². The molecule has 1 heterocycles. The van der Waals surface area contributed by atoms with Crippen LogP contribution in [0.2, 0.25) is 0 Å². The van der Waals surface area contributed by atoms with E-state index in [0.717, 1.165) is 37.0 Å². The number of β-amino-alcohol motifs (C(OH)–C–C–N with tert-alkyl or cyclic N) is 2. The molecule has 6 nitrogen and oxygen atoms in total. The molecule has 33 heavy (non-hydrogen) atoms. The van der Waals surface area contributed by atoms with Gasteiger partial charge in [0.15, 0.2) is 0 Å². The van der Waals surface area contributed by atoms with Crippen molar-refractivity contribution in [2.45, 2.75) is 78.4 Å². The molecule has 3 rings (SSSR count). The standard InChI is InChI=1S/C27H44N2O4/c1-20-7-8-24(15-21(20)2)33-19-27(32)17-28(13-14-29(18-27)22(3)30)16-26(31)11-9-23(10-12-26)25(4,5)6/h7-8,15,23,31-32H,9-14,16-19H2,1-6H3/t23?,26?,27-/m0/s1. The van der Waals surface area contributed by atoms with E-state index in [4.69, 9.17) is 4.74 Å². The van der Waals surface area contributed by atoms with Gasteiger partial charge >= 0.3 is 0 Å². The number of benzene rings is 1. The van der Waals surface area contributed by atoms with Crippen molar-refractivity contribution in [3.8, 4) is 5.75 Å². The van der Waals surface area contributed by atoms with Crippen molar-refractivity contribution in [3.05, 3.63) is 29.3 Å². The molecule has 1 aliphatic heterocycles. The molecule has 186 valence electrons. The zero-order valence-electron chi connectivity index (χ0n) is 21.5. The van der Waals surface area contributed by atoms with Crippen LogP contribution in [-0.4, -0.2) is 76.5 Å². The summed E-state index contributed by atoms with van der Waals surface area (Å²) in [4.78, 5) is 16.0. The fraction of sp³-hybridized carbons (Fsp3) is 0.741. The maximum atomic E-state index is 12.2. The highest BCUT2D eigenvalue weighted by Crippen LogP contribution is 2.41. The summed E-state index contributed by atoms with van der Waals surface area (Å²) >= 11 is 0. The predicted octanol–water partition coefficient (Wildman–Crippen LogP) is 3.54. The van der Waals surface area contributed by atoms with E-state index in [1.165, 1.54) is 5.56 Å². The molecule has 0 radical (unpaired) electrons. The molecule has 0 bridgehead atoms. The second-order valence-electron chi connectivity index (χ2n) is 11.8. The Labute approximate surface area is 199 Å². The summed E-state index contributed by atoms with van der Waals surface area (Å²) in [6.07, 6.45) is 3.60. The van der Waals surface area contributed by atoms with Crippen LogP contribution >= 0.6 is 0 Å². The van der Waals surface area contributed by atoms with Crippen molar-refractivity contribution in [2.24, 2.45) is 11.3 Å². The monoisotopic (exact) mass is 460 g/mol. The number of aliphatic hydroxyl groups is 2. The SMILES string of the molecule is CC(=O)N1CCN(CC2(O)CCC(C(C)(C)C)CC2)C[C@@](O)(COc2ccc(C)c(C)c2)C1. The average Bonchev–Trinajstić information content (AvgIpc) is 2.87. The Kier molecular flexibility index (Phi) is 7.82. The minimum absolute atomic E-state index is 0.0501. The predicted molar refractivity (Wildman–Crippen MR) is 131 cm³/mol. The molecule has 0 spiro atoms. The van der Waals surface area contributed by atoms with Crippen LogP contribution in [-0.2, 0) is 4.79 Å². The maximum absolute atomic E-state index is 12.2. The normalized spacial score (nSPS) is 29.6. The van der Waals surface area contributed by atoms with Gasteiger partial charge < -0.3 is 19.8 Å². The van der Waals surface area contributed by atoms with Gasteiger partial charge in [0.05, 0.1) is 12.1 Å². The number of rotatable bonds is 5. The topological polar surface area (TPSA) is 73.2 Å². The molecule has 1 amide bonds. The summed E-state index contributed by atoms with van der Waals surface area (Å²) in [6.45, 7) is 14.9. The highest BCUT2D eigenvalue weighted by atomic mass is 16.5. The molecule has 2 N–H and O–H groups in total. The van der Waals surface area contributed by atoms with Crippen LogP contribution in [0.4, 0.5) is 0 Å². The van der Waals surface area contributed by atoms with E-state index >= 15 is 0 Å². The first kappa shape index (κ1) is 26.0. The van der Waals surface area contributed by atoms with Crippen LogP contribution in [0.1, 0.15) is 64.5 Å². The van der Waals surface area contributed by atoms with E-state index in [2.05, 4.69) is 32.6 Å². The first-order valence-electron chi connectivity index (χ1n) is 12.4. The Bertz CT molecular complexity index is 826. The molecule has 2 fully saturated rings. The Morgan fingerprint density at radius 2 is 1.73 bits per heavy atom. The second kappa shape index (κ2) is 9.93. The lowest BCUT2D eigenvalue weighted by molar-refractivity contribution is -0.132. The maximum Gasteiger partial charge on any atom is 0.219 e. The zero-order valence-corrected chi connectivity index (χ0v) is 21.5. The van der Waals surface area contributed by atoms with Crippen LogP contribution < -0.4 is 4.74 Å². The fourth-order valence-electron chi connectivity index (χ4n) is 5.35. The van der Waals surface area contributed by atoms with E-state index in [1.807, 2.05) is 25.1 Å². The number of hydrogen-bond acceptors (Lipinski definition) is 5. The molecule has 1 atom stereocenters. The van der Waals surface area contributed by atoms with Gasteiger partial charge in [-0.1, -0.05) is 26.8 Å². The number of ether oxygens (including phenoxy) is 1. The largest absolute Gasteiger partial charge is 0.490 e. The van der Waals surface area contributed by atoms with E-state index in [-0.39, 0.29) is 24.5 Å². The summed E-state index contributed by atoms with van der Waals surface area (Å²) in [6, 6.07) is 5.91. The Morgan fingerprint density at radius 1 is 1.06 bits per heavy atom. The lowest BCUT2D eigenvalue weighted by Gasteiger charge is -2.43. The number of aryl methyl sites for hydroxylation is 2. The number of carbonyl (C=O) groups excluding carboxylic acids is 1. The van der Waals surface area contributed by atoms with Crippen LogP contribution in [0.5, 0.6) is 5.75 Å². The summed E-state index contributed by atoms with van der Waals surface area (Å²) in [5.74, 6) is 1.29. The van der Waals surface area contributed by atoms with E-state index in [0.29, 0.717) is 32.1 Å². The van der Waals surface area contributed by atoms with Crippen molar-refractivity contribution >= 4 is 5.91 Å². The molecule has 6 heteroatoms. The third kappa shape index (κ3) is 6.93. The van der Waals surface area contributed by atoms with Crippen LogP contribution in [0.25, 0.3) is 0 Å². The summed E-state index contributed by atoms with van der Waals surface area (Å²) in [5.41, 5.74) is 0.639. The van der Waals surface area contributed by atoms with Gasteiger partial charge in [-0.25, -0.2) is 0 Å². The molecule has 1 saturated carbocycles. The van der Waals surface area contributed by atoms with Crippen molar-refractivity contribution in [2.75, 3.05) is 39.3 Å². The minimum atomic E-state index is -1.21. The van der Waals surface area contributed by atoms with Crippen molar-refractivity contribution in [1.29, 1.82) is 0 Å². The average molecular weight is 461 g/mol. The number of amides is 1. The summed E-state index contributed by atoms with van der Waals surface area (Å²) in [5, 5.41) is 22.9. The number of hydrogen-bond donors (Lipinski definition) is 2. The molecule has 2 aliphatic rings. The van der Waals surface area contributed by atoms with Crippen LogP contribution in [0, 0.1) is 25.2 Å². The van der Waals surface area contributed by atoms with Gasteiger partial charge in [0, 0.05) is 33.1 Å². The molecular weight excluding hydrogens is 416 g/mol. The number of carbonyl (C=O) groups is 1. The summed E-state index contributed by atoms with van der Waals surface area (Å²) < 4.78 is 6.01. The zero-order chi connectivity index (χ0) is 24.4. The molecule has 0 unspecified atom stereocenters. The fourth-order valence-corrected chi connectivity index (χ4v) is 5.35. The second-order valence-corrected chi connectivity index (χ2v) is 11.8. The Balaban J connectivity index is 1.68. The quantitative estimate of drug-likeness (QED) is 0.703. The first-order chi connectivity index (χ1) is 15.3. The summed E-state index contributed by atoms with van der Waals surface area (Å²) in [7, 11) is 0. The van der Waals surface area contributed by atoms with Gasteiger partial charge in [-0.3, -0.25) is 9.69 Å². The van der Waals surface area contributed by atoms with E-state index in [9.17, 15) is 15.0 Å². The highest BCUT2D eigenvalue weighted by Gasteiger charge is 2.42. The van der Waals surface area contributed by atoms with E-state index in [1.54, 1.807) is 11.8 Å². The number of nitrogens with zero attached hydrogens (tertiary/aromatic N) is 2. The molecule has 1 aromatic rings. The molecule has 1 aromatic carbocycles. The van der Waals surface area contributed by atoms with Gasteiger partial charge in [-0.15, -0.1) is 0 Å². The third-order valence-corrected chi connectivity index (χ3v) is 7.78. The van der Waals surface area contributed by atoms with Crippen LogP contribution in [0.3, 0.4) is 0 Å². The van der Waals surface area contributed by atoms with Crippen molar-refractivity contribution < 1.29 is 19.7 Å². The van der Waals surface area contributed by atoms with Crippen LogP contribution in [0.15, 0.2) is 18.2 Å². The molecule has 1 saturated heterocycles. The smallest absolute Gasteiger partial charge is 0.219 e. The lowest BCUT2D eigenvalue weighted by Crippen LogP contribution is -2.54.